The van der Waals surface area contributed by atoms with E-state index in [0.717, 1.165) is 50.7 Å². The van der Waals surface area contributed by atoms with Crippen LogP contribution in [0, 0.1) is 35.5 Å². The van der Waals surface area contributed by atoms with Crippen molar-refractivity contribution in [2.45, 2.75) is 105 Å². The summed E-state index contributed by atoms with van der Waals surface area (Å²) in [6.45, 7) is 13.3. The maximum Gasteiger partial charge on any atom is 0.190 e. The summed E-state index contributed by atoms with van der Waals surface area (Å²) < 4.78 is 13.8. The predicted molar refractivity (Wildman–Crippen MR) is 236 cm³/mol. The fourth-order valence-electron chi connectivity index (χ4n) is 12.0. The van der Waals surface area contributed by atoms with E-state index in [0.29, 0.717) is 79.0 Å². The van der Waals surface area contributed by atoms with Crippen molar-refractivity contribution in [3.05, 3.63) is 55.8 Å². The van der Waals surface area contributed by atoms with Crippen LogP contribution in [0.4, 0.5) is 0 Å². The average Bonchev–Trinajstić information content (AvgIpc) is 3.17. The van der Waals surface area contributed by atoms with E-state index in [1.807, 2.05) is 0 Å². The molecule has 8 aromatic carbocycles. The molecule has 6 atom stereocenters. The first kappa shape index (κ1) is 38.9. The second kappa shape index (κ2) is 13.6. The fourth-order valence-corrected chi connectivity index (χ4v) is 12.0. The molecule has 0 aliphatic heterocycles. The Hall–Kier alpha value is -5.32. The number of benzene rings is 8. The van der Waals surface area contributed by atoms with Crippen LogP contribution >= 0.6 is 0 Å². The van der Waals surface area contributed by atoms with Gasteiger partial charge in [0.15, 0.2) is 10.9 Å². The molecule has 10 heteroatoms. The summed E-state index contributed by atoms with van der Waals surface area (Å²) in [7, 11) is 0. The zero-order valence-electron chi connectivity index (χ0n) is 34.9. The molecule has 2 saturated carbocycles. The predicted octanol–water partition coefficient (Wildman–Crippen LogP) is 10.4. The molecule has 10 rings (SSSR count). The molecule has 312 valence electrons. The molecule has 2 fully saturated rings. The Morgan fingerprint density at radius 2 is 0.800 bits per heavy atom. The summed E-state index contributed by atoms with van der Waals surface area (Å²) in [5, 5.41) is 73.0. The minimum absolute atomic E-state index is 0.0374. The van der Waals surface area contributed by atoms with Gasteiger partial charge in [-0.25, -0.2) is 0 Å². The second-order valence-corrected chi connectivity index (χ2v) is 19.2. The van der Waals surface area contributed by atoms with Gasteiger partial charge < -0.3 is 40.1 Å². The van der Waals surface area contributed by atoms with E-state index >= 15 is 0 Å². The minimum Gasteiger partial charge on any atom is -0.507 e. The van der Waals surface area contributed by atoms with Crippen molar-refractivity contribution < 1.29 is 40.1 Å². The van der Waals surface area contributed by atoms with Crippen LogP contribution in [0.5, 0.6) is 34.5 Å². The molecule has 8 aromatic rings. The third kappa shape index (κ3) is 5.32. The highest BCUT2D eigenvalue weighted by Gasteiger charge is 2.37. The van der Waals surface area contributed by atoms with Gasteiger partial charge >= 0.3 is 0 Å². The molecule has 0 radical (unpaired) electrons. The Morgan fingerprint density at radius 1 is 0.467 bits per heavy atom. The van der Waals surface area contributed by atoms with Gasteiger partial charge in [-0.05, 0) is 95.2 Å². The zero-order valence-corrected chi connectivity index (χ0v) is 34.9. The number of hydrogen-bond acceptors (Lipinski definition) is 10. The molecule has 0 bridgehead atoms. The molecule has 2 aliphatic rings. The Bertz CT molecular complexity index is 2920. The monoisotopic (exact) mass is 812 g/mol. The van der Waals surface area contributed by atoms with E-state index in [2.05, 4.69) is 41.5 Å². The highest BCUT2D eigenvalue weighted by Crippen LogP contribution is 2.60. The first-order chi connectivity index (χ1) is 28.6. The molecule has 6 N–H and O–H groups in total. The van der Waals surface area contributed by atoms with Crippen LogP contribution in [0.25, 0.3) is 75.4 Å². The van der Waals surface area contributed by atoms with Crippen LogP contribution in [0.2, 0.25) is 0 Å². The third-order valence-corrected chi connectivity index (χ3v) is 14.8. The normalized spacial score (nSPS) is 23.2. The highest BCUT2D eigenvalue weighted by molar-refractivity contribution is 6.52. The SMILES string of the molecule is CC(C)[C@@H]1CC[C@@H](C)C[C@H]1OCc1cc(=O)c2c(O)c3c(O)cc(O)c4c5c(O)cc(O)c6c(O)c7c(=O)cc(CO[C@@H]8C[C@H](C)CC[C@H]8C(C)C)c8c1c2c(c34)c(c65)c78. The third-order valence-electron chi connectivity index (χ3n) is 14.8. The van der Waals surface area contributed by atoms with Crippen molar-refractivity contribution in [2.75, 3.05) is 0 Å². The van der Waals surface area contributed by atoms with Gasteiger partial charge in [0.05, 0.1) is 47.0 Å². The first-order valence-corrected chi connectivity index (χ1v) is 21.6. The quantitative estimate of drug-likeness (QED) is 0.0640. The Balaban J connectivity index is 1.38. The van der Waals surface area contributed by atoms with Crippen molar-refractivity contribution in [3.8, 4) is 34.5 Å². The largest absolute Gasteiger partial charge is 0.507 e. The molecule has 60 heavy (non-hydrogen) atoms. The van der Waals surface area contributed by atoms with Gasteiger partial charge in [-0.1, -0.05) is 54.4 Å². The van der Waals surface area contributed by atoms with Gasteiger partial charge in [0, 0.05) is 55.2 Å². The Kier molecular flexibility index (Phi) is 8.80. The topological polar surface area (TPSA) is 174 Å². The van der Waals surface area contributed by atoms with E-state index < -0.39 is 45.4 Å². The second-order valence-electron chi connectivity index (χ2n) is 19.2. The number of aromatic hydroxyl groups is 6. The van der Waals surface area contributed by atoms with Crippen molar-refractivity contribution in [1.82, 2.24) is 0 Å². The zero-order chi connectivity index (χ0) is 42.4. The summed E-state index contributed by atoms with van der Waals surface area (Å²) in [6.07, 6.45) is 5.81. The van der Waals surface area contributed by atoms with Crippen LogP contribution in [-0.2, 0) is 22.7 Å². The van der Waals surface area contributed by atoms with E-state index in [4.69, 9.17) is 9.47 Å². The average molecular weight is 813 g/mol. The highest BCUT2D eigenvalue weighted by atomic mass is 16.5. The van der Waals surface area contributed by atoms with Crippen molar-refractivity contribution in [2.24, 2.45) is 35.5 Å². The van der Waals surface area contributed by atoms with Crippen LogP contribution in [0.15, 0.2) is 33.9 Å². The molecule has 0 unspecified atom stereocenters. The maximum atomic E-state index is 14.6. The van der Waals surface area contributed by atoms with Crippen LogP contribution in [0.3, 0.4) is 0 Å². The number of phenols is 6. The minimum atomic E-state index is -0.511. The fraction of sp³-hybridized carbons (Fsp3) is 0.440. The van der Waals surface area contributed by atoms with Crippen molar-refractivity contribution >= 4 is 75.4 Å². The molecule has 0 saturated heterocycles. The van der Waals surface area contributed by atoms with Crippen molar-refractivity contribution in [3.63, 3.8) is 0 Å². The van der Waals surface area contributed by atoms with Gasteiger partial charge in [-0.2, -0.15) is 0 Å². The summed E-state index contributed by atoms with van der Waals surface area (Å²) in [6, 6.07) is 5.03. The van der Waals surface area contributed by atoms with Crippen LogP contribution < -0.4 is 10.9 Å². The van der Waals surface area contributed by atoms with E-state index in [1.54, 1.807) is 0 Å². The van der Waals surface area contributed by atoms with E-state index in [1.165, 1.54) is 12.1 Å². The molecule has 10 nitrogen and oxygen atoms in total. The lowest BCUT2D eigenvalue weighted by atomic mass is 9.75. The lowest BCUT2D eigenvalue weighted by Gasteiger charge is -2.37. The van der Waals surface area contributed by atoms with Gasteiger partial charge in [0.25, 0.3) is 0 Å². The molecular weight excluding hydrogens is 761 g/mol. The number of fused-ring (bicyclic) bond motifs is 2. The summed E-state index contributed by atoms with van der Waals surface area (Å²) in [5.74, 6) is -0.582. The lowest BCUT2D eigenvalue weighted by Crippen LogP contribution is -2.34. The van der Waals surface area contributed by atoms with Gasteiger partial charge in [0.1, 0.15) is 34.5 Å². The van der Waals surface area contributed by atoms with Gasteiger partial charge in [-0.15, -0.1) is 0 Å². The number of rotatable bonds is 8. The maximum absolute atomic E-state index is 14.6. The Labute approximate surface area is 345 Å². The molecule has 0 aromatic heterocycles. The summed E-state index contributed by atoms with van der Waals surface area (Å²) in [5.41, 5.74) is 0.0267. The van der Waals surface area contributed by atoms with Crippen LogP contribution in [-0.4, -0.2) is 42.8 Å². The number of hydrogen-bond donors (Lipinski definition) is 6. The number of ether oxygens (including phenoxy) is 2. The number of phenolic OH excluding ortho intramolecular Hbond substituents is 6. The smallest absolute Gasteiger partial charge is 0.190 e. The van der Waals surface area contributed by atoms with Crippen molar-refractivity contribution in [1.29, 1.82) is 0 Å². The molecule has 2 aliphatic carbocycles. The molecular formula is C50H52O10. The molecule has 0 heterocycles. The first-order valence-electron chi connectivity index (χ1n) is 21.6. The van der Waals surface area contributed by atoms with E-state index in [9.17, 15) is 40.2 Å². The van der Waals surface area contributed by atoms with Gasteiger partial charge in [-0.3, -0.25) is 9.59 Å². The van der Waals surface area contributed by atoms with Gasteiger partial charge in [0.2, 0.25) is 0 Å². The Morgan fingerprint density at radius 3 is 1.17 bits per heavy atom. The van der Waals surface area contributed by atoms with Crippen LogP contribution in [0.1, 0.15) is 91.2 Å². The lowest BCUT2D eigenvalue weighted by molar-refractivity contribution is -0.0472. The molecule has 0 amide bonds. The summed E-state index contributed by atoms with van der Waals surface area (Å²) >= 11 is 0. The standard InChI is InChI=1S/C50H52O10/c1-19(2)25-9-7-21(5)11-33(25)59-17-23-13-27(51)39-43-35(23)36-24(18-60-34-12-22(6)8-10-26(34)20(3)4)14-28(52)40-44(36)48-46-38(30(54)16-32(56)42(46)50(40)58)37-29(53)15-31(55)41(49(39)57)45(37)47(43)48/h13-16,19-22,25-26,33-34,53-58H,7-12,17-18H2,1-6H3/t21-,22-,25+,26+,33-,34-/m1/s1. The summed E-state index contributed by atoms with van der Waals surface area (Å²) in [4.78, 5) is 29.2. The molecule has 0 spiro atoms. The van der Waals surface area contributed by atoms with E-state index in [-0.39, 0.29) is 68.5 Å².